The second-order valence-corrected chi connectivity index (χ2v) is 10.5. The molecule has 0 N–H and O–H groups in total. The van der Waals surface area contributed by atoms with E-state index in [0.717, 1.165) is 23.3 Å². The highest BCUT2D eigenvalue weighted by Crippen LogP contribution is 2.42. The van der Waals surface area contributed by atoms with Gasteiger partial charge in [-0.05, 0) is 79.9 Å². The van der Waals surface area contributed by atoms with Gasteiger partial charge < -0.3 is 4.74 Å². The van der Waals surface area contributed by atoms with Gasteiger partial charge in [0.05, 0.1) is 0 Å². The number of hydrogen-bond donors (Lipinski definition) is 0. The zero-order chi connectivity index (χ0) is 23.5. The third-order valence-electron chi connectivity index (χ3n) is 7.93. The molecule has 1 aromatic rings. The maximum absolute atomic E-state index is 12.3. The van der Waals surface area contributed by atoms with Gasteiger partial charge in [0.2, 0.25) is 0 Å². The first-order chi connectivity index (χ1) is 15.9. The van der Waals surface area contributed by atoms with Gasteiger partial charge in [0.1, 0.15) is 5.75 Å². The minimum atomic E-state index is -4.30. The van der Waals surface area contributed by atoms with Gasteiger partial charge in [-0.2, -0.15) is 13.2 Å². The Kier molecular flexibility index (Phi) is 10.7. The van der Waals surface area contributed by atoms with Crippen LogP contribution < -0.4 is 4.74 Å². The van der Waals surface area contributed by atoms with Crippen LogP contribution in [0.2, 0.25) is 0 Å². The third kappa shape index (κ3) is 9.74. The monoisotopic (exact) mass is 464 g/mol. The summed E-state index contributed by atoms with van der Waals surface area (Å²) in [5, 5.41) is 0. The van der Waals surface area contributed by atoms with Crippen molar-refractivity contribution in [3.05, 3.63) is 35.9 Å². The minimum absolute atomic E-state index is 0.260. The predicted octanol–water partition coefficient (Wildman–Crippen LogP) is 9.61. The summed E-state index contributed by atoms with van der Waals surface area (Å²) in [4.78, 5) is 0. The van der Waals surface area contributed by atoms with E-state index in [4.69, 9.17) is 4.74 Å². The average molecular weight is 465 g/mol. The molecule has 0 aliphatic heterocycles. The molecule has 2 saturated carbocycles. The number of alkyl halides is 3. The van der Waals surface area contributed by atoms with E-state index in [-0.39, 0.29) is 5.75 Å². The second kappa shape index (κ2) is 13.4. The van der Waals surface area contributed by atoms with Crippen LogP contribution in [0.1, 0.15) is 102 Å². The summed E-state index contributed by atoms with van der Waals surface area (Å²) in [7, 11) is 0. The maximum Gasteiger partial charge on any atom is 0.422 e. The van der Waals surface area contributed by atoms with Crippen LogP contribution in [0.4, 0.5) is 13.2 Å². The first-order valence-corrected chi connectivity index (χ1v) is 13.4. The topological polar surface area (TPSA) is 9.23 Å². The van der Waals surface area contributed by atoms with Gasteiger partial charge in [-0.15, -0.1) is 0 Å². The van der Waals surface area contributed by atoms with Gasteiger partial charge in [0.25, 0.3) is 0 Å². The Morgan fingerprint density at radius 3 is 2.03 bits per heavy atom. The number of halogens is 3. The van der Waals surface area contributed by atoms with E-state index < -0.39 is 12.8 Å². The zero-order valence-electron chi connectivity index (χ0n) is 20.4. The molecule has 33 heavy (non-hydrogen) atoms. The number of unbranched alkanes of at least 4 members (excludes halogenated alkanes) is 4. The van der Waals surface area contributed by atoms with Gasteiger partial charge in [0.15, 0.2) is 6.61 Å². The van der Waals surface area contributed by atoms with Gasteiger partial charge >= 0.3 is 6.18 Å². The van der Waals surface area contributed by atoms with Crippen molar-refractivity contribution in [2.45, 2.75) is 103 Å². The highest BCUT2D eigenvalue weighted by Gasteiger charge is 2.30. The van der Waals surface area contributed by atoms with Gasteiger partial charge in [-0.3, -0.25) is 0 Å². The van der Waals surface area contributed by atoms with E-state index in [2.05, 4.69) is 19.1 Å². The molecule has 0 heterocycles. The molecule has 0 spiro atoms. The first kappa shape index (κ1) is 26.2. The minimum Gasteiger partial charge on any atom is -0.484 e. The number of benzene rings is 1. The number of rotatable bonds is 11. The van der Waals surface area contributed by atoms with Crippen LogP contribution in [0.15, 0.2) is 30.3 Å². The summed E-state index contributed by atoms with van der Waals surface area (Å²) < 4.78 is 41.5. The molecule has 2 aliphatic rings. The molecule has 1 aromatic carbocycles. The van der Waals surface area contributed by atoms with Gasteiger partial charge in [-0.25, -0.2) is 0 Å². The second-order valence-electron chi connectivity index (χ2n) is 10.5. The van der Waals surface area contributed by atoms with Crippen LogP contribution in [0.25, 0.3) is 6.08 Å². The Morgan fingerprint density at radius 2 is 1.42 bits per heavy atom. The first-order valence-electron chi connectivity index (χ1n) is 13.4. The fourth-order valence-corrected chi connectivity index (χ4v) is 5.88. The molecule has 0 aromatic heterocycles. The van der Waals surface area contributed by atoms with Gasteiger partial charge in [-0.1, -0.05) is 82.6 Å². The molecular weight excluding hydrogens is 421 g/mol. The van der Waals surface area contributed by atoms with Crippen molar-refractivity contribution in [3.8, 4) is 5.75 Å². The smallest absolute Gasteiger partial charge is 0.422 e. The molecule has 1 nitrogen and oxygen atoms in total. The molecule has 186 valence electrons. The summed E-state index contributed by atoms with van der Waals surface area (Å²) in [5.41, 5.74) is 1.02. The van der Waals surface area contributed by atoms with Crippen LogP contribution in [-0.4, -0.2) is 12.8 Å². The Hall–Kier alpha value is -1.45. The molecule has 0 saturated heterocycles. The Balaban J connectivity index is 1.32. The lowest BCUT2D eigenvalue weighted by Gasteiger charge is -2.37. The third-order valence-corrected chi connectivity index (χ3v) is 7.93. The van der Waals surface area contributed by atoms with Crippen LogP contribution in [0, 0.1) is 23.7 Å². The van der Waals surface area contributed by atoms with E-state index in [1.807, 2.05) is 12.1 Å². The van der Waals surface area contributed by atoms with Crippen LogP contribution >= 0.6 is 0 Å². The van der Waals surface area contributed by atoms with Crippen molar-refractivity contribution in [1.29, 1.82) is 0 Å². The lowest BCUT2D eigenvalue weighted by molar-refractivity contribution is -0.153. The average Bonchev–Trinajstić information content (AvgIpc) is 2.82. The van der Waals surface area contributed by atoms with E-state index in [0.29, 0.717) is 5.92 Å². The van der Waals surface area contributed by atoms with E-state index in [9.17, 15) is 13.2 Å². The van der Waals surface area contributed by atoms with Crippen LogP contribution in [0.3, 0.4) is 0 Å². The lowest BCUT2D eigenvalue weighted by atomic mass is 9.68. The summed E-state index contributed by atoms with van der Waals surface area (Å²) >= 11 is 0. The van der Waals surface area contributed by atoms with Crippen molar-refractivity contribution < 1.29 is 17.9 Å². The quantitative estimate of drug-likeness (QED) is 0.296. The van der Waals surface area contributed by atoms with E-state index in [1.165, 1.54) is 89.9 Å². The predicted molar refractivity (Wildman–Crippen MR) is 131 cm³/mol. The SMILES string of the molecule is CCCCCCCC1CCC(C2CCC(C=Cc3ccc(OCC(F)(F)F)cc3)CC2)CC1. The van der Waals surface area contributed by atoms with Crippen molar-refractivity contribution in [2.75, 3.05) is 6.61 Å². The zero-order valence-corrected chi connectivity index (χ0v) is 20.4. The molecule has 0 radical (unpaired) electrons. The molecule has 2 fully saturated rings. The molecule has 4 heteroatoms. The normalized spacial score (nSPS) is 26.5. The standard InChI is InChI=1S/C29H43F3O/c1-2-3-4-5-6-7-23-10-16-26(17-11-23)27-18-12-24(13-19-27)8-9-25-14-20-28(21-15-25)33-22-29(30,31)32/h8-9,14-15,20-21,23-24,26-27H,2-7,10-13,16-19,22H2,1H3. The maximum atomic E-state index is 12.3. The van der Waals surface area contributed by atoms with Crippen molar-refractivity contribution >= 4 is 6.08 Å². The molecule has 0 unspecified atom stereocenters. The van der Waals surface area contributed by atoms with Crippen molar-refractivity contribution in [1.82, 2.24) is 0 Å². The summed E-state index contributed by atoms with van der Waals surface area (Å²) in [6.45, 7) is 1.04. The molecule has 0 amide bonds. The van der Waals surface area contributed by atoms with E-state index in [1.54, 1.807) is 12.1 Å². The molecular formula is C29H43F3O. The van der Waals surface area contributed by atoms with Gasteiger partial charge in [0, 0.05) is 0 Å². The molecule has 0 bridgehead atoms. The Morgan fingerprint density at radius 1 is 0.818 bits per heavy atom. The number of hydrogen-bond acceptors (Lipinski definition) is 1. The van der Waals surface area contributed by atoms with Crippen LogP contribution in [0.5, 0.6) is 5.75 Å². The summed E-state index contributed by atoms with van der Waals surface area (Å²) in [6, 6.07) is 6.89. The molecule has 0 atom stereocenters. The largest absolute Gasteiger partial charge is 0.484 e. The fourth-order valence-electron chi connectivity index (χ4n) is 5.88. The van der Waals surface area contributed by atoms with Crippen LogP contribution in [-0.2, 0) is 0 Å². The molecule has 3 rings (SSSR count). The highest BCUT2D eigenvalue weighted by molar-refractivity contribution is 5.50. The Bertz CT molecular complexity index is 678. The highest BCUT2D eigenvalue weighted by atomic mass is 19.4. The molecule has 2 aliphatic carbocycles. The van der Waals surface area contributed by atoms with Crippen molar-refractivity contribution in [2.24, 2.45) is 23.7 Å². The van der Waals surface area contributed by atoms with E-state index >= 15 is 0 Å². The van der Waals surface area contributed by atoms with Crippen molar-refractivity contribution in [3.63, 3.8) is 0 Å². The lowest BCUT2D eigenvalue weighted by Crippen LogP contribution is -2.25. The number of ether oxygens (including phenoxy) is 1. The Labute approximate surface area is 199 Å². The fraction of sp³-hybridized carbons (Fsp3) is 0.724. The number of allylic oxidation sites excluding steroid dienone is 1. The summed E-state index contributed by atoms with van der Waals surface area (Å²) in [5.74, 6) is 3.76. The summed E-state index contributed by atoms with van der Waals surface area (Å²) in [6.07, 6.45) is 19.7.